The van der Waals surface area contributed by atoms with Crippen LogP contribution < -0.4 is 4.90 Å². The first-order chi connectivity index (χ1) is 14.9. The van der Waals surface area contributed by atoms with Gasteiger partial charge in [0.2, 0.25) is 5.91 Å². The van der Waals surface area contributed by atoms with Crippen LogP contribution in [0.25, 0.3) is 22.3 Å². The fourth-order valence-electron chi connectivity index (χ4n) is 4.59. The molecule has 4 rings (SSSR count). The second-order valence-electron chi connectivity index (χ2n) is 8.42. The average molecular weight is 420 g/mol. The van der Waals surface area contributed by atoms with Crippen LogP contribution in [0.5, 0.6) is 0 Å². The van der Waals surface area contributed by atoms with Crippen LogP contribution in [0.3, 0.4) is 0 Å². The molecule has 0 unspecified atom stereocenters. The van der Waals surface area contributed by atoms with Crippen LogP contribution in [0.2, 0.25) is 0 Å². The van der Waals surface area contributed by atoms with E-state index in [1.54, 1.807) is 13.1 Å². The highest BCUT2D eigenvalue weighted by atomic mass is 16.2. The van der Waals surface area contributed by atoms with Crippen LogP contribution in [0.15, 0.2) is 36.7 Å². The van der Waals surface area contributed by atoms with Gasteiger partial charge in [-0.25, -0.2) is 9.97 Å². The third-order valence-electron chi connectivity index (χ3n) is 6.00. The zero-order chi connectivity index (χ0) is 22.1. The number of carbonyl (C=O) groups is 2. The molecule has 162 valence electrons. The Morgan fingerprint density at radius 1 is 1.19 bits per heavy atom. The number of Topliss-reactive ketones (excluding diaryl/α,β-unsaturated/α-hetero) is 1. The van der Waals surface area contributed by atoms with Crippen molar-refractivity contribution in [3.05, 3.63) is 42.2 Å². The van der Waals surface area contributed by atoms with Gasteiger partial charge >= 0.3 is 0 Å². The topological polar surface area (TPSA) is 82.2 Å². The summed E-state index contributed by atoms with van der Waals surface area (Å²) < 4.78 is 0. The fraction of sp³-hybridized carbons (Fsp3) is 0.417. The fourth-order valence-corrected chi connectivity index (χ4v) is 4.59. The number of aromatic nitrogens is 3. The van der Waals surface area contributed by atoms with Crippen LogP contribution in [-0.2, 0) is 16.0 Å². The number of fused-ring (bicyclic) bond motifs is 1. The molecule has 1 aliphatic rings. The molecular formula is C24H29N5O2. The Kier molecular flexibility index (Phi) is 5.76. The Morgan fingerprint density at radius 2 is 1.94 bits per heavy atom. The van der Waals surface area contributed by atoms with E-state index in [0.717, 1.165) is 46.8 Å². The number of amides is 1. The molecule has 7 nitrogen and oxygen atoms in total. The number of H-pyrrole nitrogens is 1. The minimum absolute atomic E-state index is 0.116. The van der Waals surface area contributed by atoms with Gasteiger partial charge in [-0.05, 0) is 37.6 Å². The van der Waals surface area contributed by atoms with Crippen LogP contribution in [0.1, 0.15) is 39.7 Å². The Balaban J connectivity index is 1.64. The maximum Gasteiger partial charge on any atom is 0.220 e. The molecule has 0 aromatic carbocycles. The molecule has 0 bridgehead atoms. The Labute approximate surface area is 182 Å². The molecule has 2 atom stereocenters. The second-order valence-corrected chi connectivity index (χ2v) is 8.42. The largest absolute Gasteiger partial charge is 0.352 e. The van der Waals surface area contributed by atoms with Crippen molar-refractivity contribution in [1.82, 2.24) is 19.9 Å². The highest BCUT2D eigenvalue weighted by Gasteiger charge is 2.31. The summed E-state index contributed by atoms with van der Waals surface area (Å²) in [6.45, 7) is 9.17. The molecular weight excluding hydrogens is 390 g/mol. The molecule has 1 fully saturated rings. The maximum atomic E-state index is 12.0. The third-order valence-corrected chi connectivity index (χ3v) is 6.00. The minimum atomic E-state index is 0.116. The molecule has 7 heteroatoms. The number of piperazine rings is 1. The van der Waals surface area contributed by atoms with Crippen LogP contribution >= 0.6 is 0 Å². The first kappa shape index (κ1) is 21.0. The van der Waals surface area contributed by atoms with E-state index in [2.05, 4.69) is 28.7 Å². The molecule has 1 saturated heterocycles. The number of hydrogen-bond donors (Lipinski definition) is 1. The monoisotopic (exact) mass is 419 g/mol. The van der Waals surface area contributed by atoms with Crippen molar-refractivity contribution in [3.8, 4) is 11.3 Å². The molecule has 1 N–H and O–H groups in total. The molecule has 0 spiro atoms. The maximum absolute atomic E-state index is 12.0. The molecule has 0 aliphatic carbocycles. The summed E-state index contributed by atoms with van der Waals surface area (Å²) in [7, 11) is 0. The van der Waals surface area contributed by atoms with Crippen LogP contribution in [-0.4, -0.2) is 56.7 Å². The van der Waals surface area contributed by atoms with Crippen LogP contribution in [0, 0.1) is 0 Å². The van der Waals surface area contributed by atoms with Crippen molar-refractivity contribution in [2.24, 2.45) is 0 Å². The summed E-state index contributed by atoms with van der Waals surface area (Å²) in [6.07, 6.45) is 4.61. The smallest absolute Gasteiger partial charge is 0.220 e. The lowest BCUT2D eigenvalue weighted by Crippen LogP contribution is -2.58. The van der Waals surface area contributed by atoms with Gasteiger partial charge in [-0.3, -0.25) is 9.59 Å². The highest BCUT2D eigenvalue weighted by molar-refractivity contribution is 5.93. The molecule has 0 saturated carbocycles. The van der Waals surface area contributed by atoms with Gasteiger partial charge in [-0.15, -0.1) is 0 Å². The van der Waals surface area contributed by atoms with Gasteiger partial charge in [-0.1, -0.05) is 13.0 Å². The van der Waals surface area contributed by atoms with E-state index in [-0.39, 0.29) is 23.8 Å². The van der Waals surface area contributed by atoms with Crippen LogP contribution in [0.4, 0.5) is 5.82 Å². The van der Waals surface area contributed by atoms with E-state index in [9.17, 15) is 9.59 Å². The SMILES string of the molecule is CCC(=O)Cc1cnc2[nH]cc(-c3cccc(N4C[C@@H](C)N(C(C)=O)[C@@H](C)C4)n3)c2c1. The normalized spacial score (nSPS) is 19.1. The van der Waals surface area contributed by atoms with Crippen molar-refractivity contribution >= 4 is 28.5 Å². The molecule has 4 heterocycles. The Bertz CT molecular complexity index is 1110. The standard InChI is InChI=1S/C24H29N5O2/c1-5-19(31)9-18-10-20-21(12-26-24(20)25-11-18)22-7-6-8-23(27-22)28-13-15(2)29(17(4)30)16(3)14-28/h6-8,10-12,15-16H,5,9,13-14H2,1-4H3,(H,25,26)/t15-,16+. The number of nitrogens with one attached hydrogen (secondary N) is 1. The summed E-state index contributed by atoms with van der Waals surface area (Å²) in [5.74, 6) is 1.22. The number of carbonyl (C=O) groups excluding carboxylic acids is 2. The lowest BCUT2D eigenvalue weighted by atomic mass is 10.1. The molecule has 1 amide bonds. The summed E-state index contributed by atoms with van der Waals surface area (Å²) >= 11 is 0. The van der Waals surface area contributed by atoms with E-state index in [1.165, 1.54) is 0 Å². The van der Waals surface area contributed by atoms with E-state index in [1.807, 2.05) is 42.3 Å². The molecule has 0 radical (unpaired) electrons. The first-order valence-corrected chi connectivity index (χ1v) is 10.9. The Hall–Kier alpha value is -3.22. The highest BCUT2D eigenvalue weighted by Crippen LogP contribution is 2.29. The summed E-state index contributed by atoms with van der Waals surface area (Å²) in [6, 6.07) is 8.32. The van der Waals surface area contributed by atoms with Crippen molar-refractivity contribution < 1.29 is 9.59 Å². The Morgan fingerprint density at radius 3 is 2.61 bits per heavy atom. The van der Waals surface area contributed by atoms with Gasteiger partial charge < -0.3 is 14.8 Å². The summed E-state index contributed by atoms with van der Waals surface area (Å²) in [5.41, 5.74) is 3.53. The van der Waals surface area contributed by atoms with E-state index < -0.39 is 0 Å². The number of rotatable bonds is 5. The molecule has 1 aliphatic heterocycles. The van der Waals surface area contributed by atoms with E-state index in [4.69, 9.17) is 4.98 Å². The average Bonchev–Trinajstić information content (AvgIpc) is 3.16. The summed E-state index contributed by atoms with van der Waals surface area (Å²) in [4.78, 5) is 40.7. The van der Waals surface area contributed by atoms with E-state index in [0.29, 0.717) is 12.8 Å². The van der Waals surface area contributed by atoms with Gasteiger partial charge in [-0.2, -0.15) is 0 Å². The van der Waals surface area contributed by atoms with Gasteiger partial charge in [0, 0.05) is 68.3 Å². The molecule has 3 aromatic heterocycles. The molecule has 31 heavy (non-hydrogen) atoms. The predicted molar refractivity (Wildman–Crippen MR) is 122 cm³/mol. The van der Waals surface area contributed by atoms with Gasteiger partial charge in [0.1, 0.15) is 17.2 Å². The third kappa shape index (κ3) is 4.17. The quantitative estimate of drug-likeness (QED) is 0.683. The number of aromatic amines is 1. The summed E-state index contributed by atoms with van der Waals surface area (Å²) in [5, 5.41) is 0.967. The lowest BCUT2D eigenvalue weighted by Gasteiger charge is -2.44. The zero-order valence-electron chi connectivity index (χ0n) is 18.6. The lowest BCUT2D eigenvalue weighted by molar-refractivity contribution is -0.133. The number of pyridine rings is 2. The van der Waals surface area contributed by atoms with Crippen molar-refractivity contribution in [1.29, 1.82) is 0 Å². The molecule has 3 aromatic rings. The first-order valence-electron chi connectivity index (χ1n) is 10.9. The number of anilines is 1. The zero-order valence-corrected chi connectivity index (χ0v) is 18.6. The van der Waals surface area contributed by atoms with Gasteiger partial charge in [0.15, 0.2) is 0 Å². The van der Waals surface area contributed by atoms with Crippen molar-refractivity contribution in [2.45, 2.75) is 52.6 Å². The number of ketones is 1. The number of hydrogen-bond acceptors (Lipinski definition) is 5. The van der Waals surface area contributed by atoms with E-state index >= 15 is 0 Å². The van der Waals surface area contributed by atoms with Crippen molar-refractivity contribution in [3.63, 3.8) is 0 Å². The van der Waals surface area contributed by atoms with Crippen molar-refractivity contribution in [2.75, 3.05) is 18.0 Å². The minimum Gasteiger partial charge on any atom is -0.352 e. The number of nitrogens with zero attached hydrogens (tertiary/aromatic N) is 4. The van der Waals surface area contributed by atoms with Gasteiger partial charge in [0.05, 0.1) is 5.69 Å². The van der Waals surface area contributed by atoms with Gasteiger partial charge in [0.25, 0.3) is 0 Å². The predicted octanol–water partition coefficient (Wildman–Crippen LogP) is 3.59. The second kappa shape index (κ2) is 8.49.